The van der Waals surface area contributed by atoms with Gasteiger partial charge in [-0.25, -0.2) is 0 Å². The second-order valence-electron chi connectivity index (χ2n) is 7.09. The van der Waals surface area contributed by atoms with Crippen molar-refractivity contribution in [3.05, 3.63) is 59.7 Å². The van der Waals surface area contributed by atoms with Crippen LogP contribution in [0.15, 0.2) is 48.5 Å². The summed E-state index contributed by atoms with van der Waals surface area (Å²) >= 11 is 0. The van der Waals surface area contributed by atoms with Gasteiger partial charge in [0.2, 0.25) is 5.91 Å². The summed E-state index contributed by atoms with van der Waals surface area (Å²) in [5.41, 5.74) is 2.98. The number of anilines is 1. The van der Waals surface area contributed by atoms with E-state index in [1.54, 1.807) is 13.2 Å². The first kappa shape index (κ1) is 22.5. The summed E-state index contributed by atoms with van der Waals surface area (Å²) in [5, 5.41) is 2.89. The fourth-order valence-electron chi connectivity index (χ4n) is 2.93. The first-order valence-electron chi connectivity index (χ1n) is 10.5. The molecule has 0 radical (unpaired) electrons. The average Bonchev–Trinajstić information content (AvgIpc) is 2.75. The standard InChI is InChI=1S/C25H33NO3/c1-4-6-8-18-29-23-16-12-21(19-24(23)28-3)13-17-25(27)26-22-14-10-20(11-15-22)9-7-5-2/h10-17,19H,4-9,18H2,1-3H3,(H,26,27)/b17-13+. The minimum Gasteiger partial charge on any atom is -0.493 e. The van der Waals surface area contributed by atoms with E-state index in [1.165, 1.54) is 24.5 Å². The van der Waals surface area contributed by atoms with Crippen LogP contribution < -0.4 is 14.8 Å². The van der Waals surface area contributed by atoms with Crippen LogP contribution in [0.2, 0.25) is 0 Å². The highest BCUT2D eigenvalue weighted by Gasteiger charge is 2.05. The predicted molar refractivity (Wildman–Crippen MR) is 121 cm³/mol. The second-order valence-corrected chi connectivity index (χ2v) is 7.09. The highest BCUT2D eigenvalue weighted by Crippen LogP contribution is 2.28. The largest absolute Gasteiger partial charge is 0.493 e. The molecule has 1 amide bonds. The number of unbranched alkanes of at least 4 members (excludes halogenated alkanes) is 3. The molecule has 2 aromatic carbocycles. The maximum Gasteiger partial charge on any atom is 0.248 e. The monoisotopic (exact) mass is 395 g/mol. The zero-order chi connectivity index (χ0) is 20.9. The molecule has 0 spiro atoms. The molecule has 2 aromatic rings. The van der Waals surface area contributed by atoms with E-state index in [-0.39, 0.29) is 5.91 Å². The average molecular weight is 396 g/mol. The van der Waals surface area contributed by atoms with Crippen LogP contribution in [0, 0.1) is 0 Å². The van der Waals surface area contributed by atoms with Crippen molar-refractivity contribution in [1.29, 1.82) is 0 Å². The van der Waals surface area contributed by atoms with Gasteiger partial charge in [-0.2, -0.15) is 0 Å². The minimum atomic E-state index is -0.162. The lowest BCUT2D eigenvalue weighted by atomic mass is 10.1. The highest BCUT2D eigenvalue weighted by atomic mass is 16.5. The van der Waals surface area contributed by atoms with E-state index in [0.29, 0.717) is 12.4 Å². The van der Waals surface area contributed by atoms with Crippen molar-refractivity contribution in [2.75, 3.05) is 19.0 Å². The number of carbonyl (C=O) groups is 1. The Hall–Kier alpha value is -2.75. The zero-order valence-electron chi connectivity index (χ0n) is 17.9. The summed E-state index contributed by atoms with van der Waals surface area (Å²) in [4.78, 5) is 12.2. The van der Waals surface area contributed by atoms with Crippen molar-refractivity contribution in [2.24, 2.45) is 0 Å². The van der Waals surface area contributed by atoms with Gasteiger partial charge in [-0.15, -0.1) is 0 Å². The normalized spacial score (nSPS) is 10.9. The predicted octanol–water partition coefficient (Wildman–Crippen LogP) is 6.26. The van der Waals surface area contributed by atoms with Gasteiger partial charge in [-0.05, 0) is 60.7 Å². The van der Waals surface area contributed by atoms with Crippen LogP contribution in [-0.2, 0) is 11.2 Å². The van der Waals surface area contributed by atoms with Gasteiger partial charge in [0, 0.05) is 11.8 Å². The second kappa shape index (κ2) is 12.7. The van der Waals surface area contributed by atoms with E-state index in [2.05, 4.69) is 31.3 Å². The van der Waals surface area contributed by atoms with Gasteiger partial charge in [0.05, 0.1) is 13.7 Å². The third kappa shape index (κ3) is 8.02. The van der Waals surface area contributed by atoms with Crippen molar-refractivity contribution in [3.63, 3.8) is 0 Å². The third-order valence-corrected chi connectivity index (χ3v) is 4.66. The molecule has 0 fully saturated rings. The Balaban J connectivity index is 1.91. The number of nitrogens with one attached hydrogen (secondary N) is 1. The number of amides is 1. The van der Waals surface area contributed by atoms with Gasteiger partial charge in [0.1, 0.15) is 0 Å². The van der Waals surface area contributed by atoms with Crippen molar-refractivity contribution in [2.45, 2.75) is 52.4 Å². The van der Waals surface area contributed by atoms with E-state index < -0.39 is 0 Å². The molecule has 1 N–H and O–H groups in total. The van der Waals surface area contributed by atoms with Crippen molar-refractivity contribution in [1.82, 2.24) is 0 Å². The van der Waals surface area contributed by atoms with Crippen molar-refractivity contribution < 1.29 is 14.3 Å². The molecule has 0 bridgehead atoms. The molecular weight excluding hydrogens is 362 g/mol. The maximum atomic E-state index is 12.2. The first-order chi connectivity index (χ1) is 14.2. The summed E-state index contributed by atoms with van der Waals surface area (Å²) in [6.07, 6.45) is 10.1. The van der Waals surface area contributed by atoms with Crippen LogP contribution >= 0.6 is 0 Å². The number of aryl methyl sites for hydroxylation is 1. The molecule has 156 valence electrons. The van der Waals surface area contributed by atoms with E-state index in [1.807, 2.05) is 30.3 Å². The zero-order valence-corrected chi connectivity index (χ0v) is 17.9. The molecule has 0 atom stereocenters. The number of methoxy groups -OCH3 is 1. The topological polar surface area (TPSA) is 47.6 Å². The van der Waals surface area contributed by atoms with Gasteiger partial charge >= 0.3 is 0 Å². The summed E-state index contributed by atoms with van der Waals surface area (Å²) in [6.45, 7) is 5.03. The molecule has 0 saturated carbocycles. The molecule has 0 aromatic heterocycles. The summed E-state index contributed by atoms with van der Waals surface area (Å²) in [5.74, 6) is 1.24. The molecular formula is C25H33NO3. The first-order valence-corrected chi connectivity index (χ1v) is 10.5. The molecule has 0 aliphatic carbocycles. The summed E-state index contributed by atoms with van der Waals surface area (Å²) in [7, 11) is 1.62. The third-order valence-electron chi connectivity index (χ3n) is 4.66. The maximum absolute atomic E-state index is 12.2. The Bertz CT molecular complexity index is 781. The highest BCUT2D eigenvalue weighted by molar-refractivity contribution is 6.01. The SMILES string of the molecule is CCCCCOc1ccc(/C=C/C(=O)Nc2ccc(CCCC)cc2)cc1OC. The Labute approximate surface area is 174 Å². The van der Waals surface area contributed by atoms with Crippen LogP contribution in [0.3, 0.4) is 0 Å². The fourth-order valence-corrected chi connectivity index (χ4v) is 2.93. The van der Waals surface area contributed by atoms with Gasteiger partial charge in [0.15, 0.2) is 11.5 Å². The van der Waals surface area contributed by atoms with Crippen LogP contribution in [0.1, 0.15) is 57.1 Å². The number of benzene rings is 2. The van der Waals surface area contributed by atoms with Crippen molar-refractivity contribution in [3.8, 4) is 11.5 Å². The van der Waals surface area contributed by atoms with Gasteiger partial charge in [0.25, 0.3) is 0 Å². The molecule has 2 rings (SSSR count). The number of hydrogen-bond donors (Lipinski definition) is 1. The molecule has 4 heteroatoms. The van der Waals surface area contributed by atoms with Crippen LogP contribution in [0.4, 0.5) is 5.69 Å². The molecule has 0 heterocycles. The van der Waals surface area contributed by atoms with E-state index in [4.69, 9.17) is 9.47 Å². The van der Waals surface area contributed by atoms with E-state index in [9.17, 15) is 4.79 Å². The number of hydrogen-bond acceptors (Lipinski definition) is 3. The molecule has 29 heavy (non-hydrogen) atoms. The summed E-state index contributed by atoms with van der Waals surface area (Å²) < 4.78 is 11.2. The molecule has 4 nitrogen and oxygen atoms in total. The summed E-state index contributed by atoms with van der Waals surface area (Å²) in [6, 6.07) is 13.7. The Morgan fingerprint density at radius 3 is 2.41 bits per heavy atom. The van der Waals surface area contributed by atoms with Gasteiger partial charge < -0.3 is 14.8 Å². The quantitative estimate of drug-likeness (QED) is 0.341. The lowest BCUT2D eigenvalue weighted by Crippen LogP contribution is -2.07. The van der Waals surface area contributed by atoms with Crippen LogP contribution in [0.5, 0.6) is 11.5 Å². The van der Waals surface area contributed by atoms with Crippen molar-refractivity contribution >= 4 is 17.7 Å². The molecule has 0 aliphatic heterocycles. The minimum absolute atomic E-state index is 0.162. The van der Waals surface area contributed by atoms with E-state index in [0.717, 1.165) is 42.7 Å². The lowest BCUT2D eigenvalue weighted by Gasteiger charge is -2.11. The number of ether oxygens (including phenoxy) is 2. The Morgan fingerprint density at radius 2 is 1.72 bits per heavy atom. The van der Waals surface area contributed by atoms with Crippen LogP contribution in [-0.4, -0.2) is 19.6 Å². The lowest BCUT2D eigenvalue weighted by molar-refractivity contribution is -0.111. The van der Waals surface area contributed by atoms with Crippen LogP contribution in [0.25, 0.3) is 6.08 Å². The number of rotatable bonds is 12. The fraction of sp³-hybridized carbons (Fsp3) is 0.400. The molecule has 0 saturated heterocycles. The van der Waals surface area contributed by atoms with E-state index >= 15 is 0 Å². The molecule has 0 aliphatic rings. The number of carbonyl (C=O) groups excluding carboxylic acids is 1. The van der Waals surface area contributed by atoms with Gasteiger partial charge in [-0.3, -0.25) is 4.79 Å². The smallest absolute Gasteiger partial charge is 0.248 e. The van der Waals surface area contributed by atoms with Gasteiger partial charge in [-0.1, -0.05) is 51.3 Å². The Morgan fingerprint density at radius 1 is 0.966 bits per heavy atom. The Kier molecular flexibility index (Phi) is 9.84. The molecule has 0 unspecified atom stereocenters.